The molecular weight excluding hydrogens is 340 g/mol. The summed E-state index contributed by atoms with van der Waals surface area (Å²) >= 11 is 6.02. The van der Waals surface area contributed by atoms with Crippen LogP contribution >= 0.6 is 11.6 Å². The number of nitriles is 1. The minimum absolute atomic E-state index is 0.0775. The van der Waals surface area contributed by atoms with Gasteiger partial charge in [0.05, 0.1) is 22.9 Å². The number of ether oxygens (including phenoxy) is 1. The lowest BCUT2D eigenvalue weighted by molar-refractivity contribution is 0.0888. The van der Waals surface area contributed by atoms with E-state index in [1.807, 2.05) is 6.07 Å². The van der Waals surface area contributed by atoms with Gasteiger partial charge in [-0.25, -0.2) is 4.98 Å². The van der Waals surface area contributed by atoms with Crippen LogP contribution in [0.3, 0.4) is 0 Å². The predicted molar refractivity (Wildman–Crippen MR) is 92.3 cm³/mol. The van der Waals surface area contributed by atoms with Gasteiger partial charge in [-0.15, -0.1) is 0 Å². The van der Waals surface area contributed by atoms with Crippen LogP contribution in [0.15, 0.2) is 36.8 Å². The van der Waals surface area contributed by atoms with Gasteiger partial charge in [-0.1, -0.05) is 11.6 Å². The van der Waals surface area contributed by atoms with E-state index in [9.17, 15) is 4.79 Å². The summed E-state index contributed by atoms with van der Waals surface area (Å²) < 4.78 is 5.94. The Morgan fingerprint density at radius 3 is 2.72 bits per heavy atom. The van der Waals surface area contributed by atoms with Gasteiger partial charge in [0.1, 0.15) is 17.5 Å². The number of carbonyl (C=O) groups is 1. The van der Waals surface area contributed by atoms with E-state index in [0.29, 0.717) is 22.0 Å². The summed E-state index contributed by atoms with van der Waals surface area (Å²) in [4.78, 5) is 20.0. The molecule has 1 N–H and O–H groups in total. The highest BCUT2D eigenvalue weighted by atomic mass is 35.5. The van der Waals surface area contributed by atoms with Crippen LogP contribution in [-0.2, 0) is 0 Å². The molecule has 0 atom stereocenters. The number of benzene rings is 1. The van der Waals surface area contributed by atoms with Crippen LogP contribution in [0.4, 0.5) is 0 Å². The maximum atomic E-state index is 12.1. The van der Waals surface area contributed by atoms with Crippen molar-refractivity contribution in [2.45, 2.75) is 37.8 Å². The van der Waals surface area contributed by atoms with Crippen molar-refractivity contribution in [2.24, 2.45) is 0 Å². The van der Waals surface area contributed by atoms with E-state index in [4.69, 9.17) is 21.6 Å². The van der Waals surface area contributed by atoms with E-state index in [1.165, 1.54) is 18.6 Å². The minimum atomic E-state index is -0.198. The number of hydrogen-bond donors (Lipinski definition) is 1. The molecule has 0 spiro atoms. The molecule has 0 aliphatic heterocycles. The molecule has 1 aliphatic rings. The Hall–Kier alpha value is -2.65. The maximum absolute atomic E-state index is 12.1. The minimum Gasteiger partial charge on any atom is -0.490 e. The van der Waals surface area contributed by atoms with Crippen molar-refractivity contribution in [3.05, 3.63) is 53.1 Å². The van der Waals surface area contributed by atoms with E-state index >= 15 is 0 Å². The molecule has 1 saturated carbocycles. The highest BCUT2D eigenvalue weighted by Gasteiger charge is 2.24. The standard InChI is InChI=1S/C18H17ClN4O2/c19-16-9-15(4-1-12(16)10-20)25-14-5-2-13(3-6-14)23-18(24)17-11-21-7-8-22-17/h1,4,7-9,11,13-14H,2-3,5-6H2,(H,23,24)/t13-,14-. The van der Waals surface area contributed by atoms with Gasteiger partial charge in [0.15, 0.2) is 0 Å². The Kier molecular flexibility index (Phi) is 5.46. The van der Waals surface area contributed by atoms with Crippen LogP contribution < -0.4 is 10.1 Å². The molecule has 1 aromatic heterocycles. The Morgan fingerprint density at radius 2 is 2.08 bits per heavy atom. The van der Waals surface area contributed by atoms with Crippen LogP contribution in [-0.4, -0.2) is 28.0 Å². The molecule has 1 heterocycles. The predicted octanol–water partition coefficient (Wildman–Crippen LogP) is 3.12. The lowest BCUT2D eigenvalue weighted by Crippen LogP contribution is -2.40. The number of amides is 1. The van der Waals surface area contributed by atoms with Crippen LogP contribution in [0.2, 0.25) is 5.02 Å². The van der Waals surface area contributed by atoms with E-state index in [0.717, 1.165) is 25.7 Å². The first-order valence-corrected chi connectivity index (χ1v) is 8.46. The average Bonchev–Trinajstić information content (AvgIpc) is 2.64. The van der Waals surface area contributed by atoms with Crippen LogP contribution in [0.5, 0.6) is 5.75 Å². The lowest BCUT2D eigenvalue weighted by atomic mass is 9.93. The van der Waals surface area contributed by atoms with Gasteiger partial charge in [-0.2, -0.15) is 5.26 Å². The SMILES string of the molecule is N#Cc1ccc(O[C@H]2CC[C@H](NC(=O)c3cnccn3)CC2)cc1Cl. The van der Waals surface area contributed by atoms with Crippen molar-refractivity contribution < 1.29 is 9.53 Å². The fourth-order valence-electron chi connectivity index (χ4n) is 2.85. The van der Waals surface area contributed by atoms with Gasteiger partial charge < -0.3 is 10.1 Å². The largest absolute Gasteiger partial charge is 0.490 e. The van der Waals surface area contributed by atoms with Gasteiger partial charge in [0.2, 0.25) is 0 Å². The lowest BCUT2D eigenvalue weighted by Gasteiger charge is -2.29. The number of halogens is 1. The molecule has 1 fully saturated rings. The second-order valence-corrected chi connectivity index (χ2v) is 6.32. The maximum Gasteiger partial charge on any atom is 0.271 e. The van der Waals surface area contributed by atoms with Crippen molar-refractivity contribution in [1.29, 1.82) is 5.26 Å². The molecular formula is C18H17ClN4O2. The molecule has 6 nitrogen and oxygen atoms in total. The average molecular weight is 357 g/mol. The number of hydrogen-bond acceptors (Lipinski definition) is 5. The van der Waals surface area contributed by atoms with Gasteiger partial charge in [-0.3, -0.25) is 9.78 Å². The monoisotopic (exact) mass is 356 g/mol. The van der Waals surface area contributed by atoms with E-state index in [2.05, 4.69) is 15.3 Å². The summed E-state index contributed by atoms with van der Waals surface area (Å²) in [6, 6.07) is 7.22. The van der Waals surface area contributed by atoms with Crippen LogP contribution in [0, 0.1) is 11.3 Å². The van der Waals surface area contributed by atoms with Gasteiger partial charge in [0, 0.05) is 24.5 Å². The second-order valence-electron chi connectivity index (χ2n) is 5.91. The summed E-state index contributed by atoms with van der Waals surface area (Å²) in [6.45, 7) is 0. The van der Waals surface area contributed by atoms with Crippen molar-refractivity contribution in [2.75, 3.05) is 0 Å². The summed E-state index contributed by atoms with van der Waals surface area (Å²) in [6.07, 6.45) is 7.91. The number of nitrogens with one attached hydrogen (secondary N) is 1. The van der Waals surface area contributed by atoms with Crippen LogP contribution in [0.1, 0.15) is 41.7 Å². The first-order chi connectivity index (χ1) is 12.2. The second kappa shape index (κ2) is 7.95. The molecule has 1 aromatic carbocycles. The van der Waals surface area contributed by atoms with E-state index in [-0.39, 0.29) is 18.1 Å². The zero-order valence-electron chi connectivity index (χ0n) is 13.5. The zero-order valence-corrected chi connectivity index (χ0v) is 14.2. The number of rotatable bonds is 4. The molecule has 3 rings (SSSR count). The normalized spacial score (nSPS) is 19.7. The molecule has 2 aromatic rings. The summed E-state index contributed by atoms with van der Waals surface area (Å²) in [5, 5.41) is 12.3. The number of carbonyl (C=O) groups excluding carboxylic acids is 1. The summed E-state index contributed by atoms with van der Waals surface area (Å²) in [7, 11) is 0. The molecule has 1 aliphatic carbocycles. The highest BCUT2D eigenvalue weighted by Crippen LogP contribution is 2.27. The topological polar surface area (TPSA) is 87.9 Å². The first-order valence-electron chi connectivity index (χ1n) is 8.09. The first kappa shape index (κ1) is 17.2. The van der Waals surface area contributed by atoms with Crippen molar-refractivity contribution in [1.82, 2.24) is 15.3 Å². The summed E-state index contributed by atoms with van der Waals surface area (Å²) in [5.74, 6) is 0.465. The molecule has 25 heavy (non-hydrogen) atoms. The zero-order chi connectivity index (χ0) is 17.6. The fraction of sp³-hybridized carbons (Fsp3) is 0.333. The highest BCUT2D eigenvalue weighted by molar-refractivity contribution is 6.31. The Morgan fingerprint density at radius 1 is 1.28 bits per heavy atom. The smallest absolute Gasteiger partial charge is 0.271 e. The molecule has 128 valence electrons. The molecule has 0 unspecified atom stereocenters. The van der Waals surface area contributed by atoms with Crippen molar-refractivity contribution in [3.8, 4) is 11.8 Å². The van der Waals surface area contributed by atoms with Gasteiger partial charge in [0.25, 0.3) is 5.91 Å². The van der Waals surface area contributed by atoms with Crippen molar-refractivity contribution >= 4 is 17.5 Å². The molecule has 7 heteroatoms. The van der Waals surface area contributed by atoms with E-state index < -0.39 is 0 Å². The Labute approximate surface area is 150 Å². The third kappa shape index (κ3) is 4.46. The molecule has 0 bridgehead atoms. The Bertz CT molecular complexity index is 783. The van der Waals surface area contributed by atoms with Gasteiger partial charge >= 0.3 is 0 Å². The number of nitrogens with zero attached hydrogens (tertiary/aromatic N) is 3. The third-order valence-corrected chi connectivity index (χ3v) is 4.48. The quantitative estimate of drug-likeness (QED) is 0.909. The summed E-state index contributed by atoms with van der Waals surface area (Å²) in [5.41, 5.74) is 0.762. The van der Waals surface area contributed by atoms with Crippen LogP contribution in [0.25, 0.3) is 0 Å². The number of aromatic nitrogens is 2. The third-order valence-electron chi connectivity index (χ3n) is 4.17. The van der Waals surface area contributed by atoms with Crippen molar-refractivity contribution in [3.63, 3.8) is 0 Å². The fourth-order valence-corrected chi connectivity index (χ4v) is 3.07. The molecule has 0 saturated heterocycles. The van der Waals surface area contributed by atoms with Gasteiger partial charge in [-0.05, 0) is 37.8 Å². The molecule has 0 radical (unpaired) electrons. The molecule has 1 amide bonds. The van der Waals surface area contributed by atoms with E-state index in [1.54, 1.807) is 18.2 Å². The Balaban J connectivity index is 1.50.